The summed E-state index contributed by atoms with van der Waals surface area (Å²) in [4.78, 5) is 17.0. The van der Waals surface area contributed by atoms with Crippen molar-refractivity contribution in [3.05, 3.63) is 83.9 Å². The highest BCUT2D eigenvalue weighted by Crippen LogP contribution is 2.28. The Morgan fingerprint density at radius 2 is 1.97 bits per heavy atom. The van der Waals surface area contributed by atoms with E-state index in [4.69, 9.17) is 11.6 Å². The SMILES string of the molecule is CNc1cc[n+](CCNC(=O)c2ccn3c(-c4ccccc4Cl)cnc3c2)cc1. The first-order valence-corrected chi connectivity index (χ1v) is 9.70. The Labute approximate surface area is 173 Å². The van der Waals surface area contributed by atoms with Crippen molar-refractivity contribution in [2.75, 3.05) is 18.9 Å². The van der Waals surface area contributed by atoms with Crippen LogP contribution in [0.1, 0.15) is 10.4 Å². The second kappa shape index (κ2) is 8.32. The number of rotatable bonds is 6. The van der Waals surface area contributed by atoms with E-state index in [1.54, 1.807) is 18.3 Å². The second-order valence-electron chi connectivity index (χ2n) is 6.60. The van der Waals surface area contributed by atoms with Gasteiger partial charge >= 0.3 is 0 Å². The number of pyridine rings is 2. The minimum absolute atomic E-state index is 0.123. The lowest BCUT2D eigenvalue weighted by Crippen LogP contribution is -2.40. The average Bonchev–Trinajstić information content (AvgIpc) is 3.17. The lowest BCUT2D eigenvalue weighted by molar-refractivity contribution is -0.694. The van der Waals surface area contributed by atoms with Crippen LogP contribution in [0.4, 0.5) is 5.69 Å². The van der Waals surface area contributed by atoms with E-state index in [2.05, 4.69) is 15.6 Å². The molecule has 146 valence electrons. The van der Waals surface area contributed by atoms with Crippen LogP contribution < -0.4 is 15.2 Å². The summed E-state index contributed by atoms with van der Waals surface area (Å²) >= 11 is 6.31. The number of carbonyl (C=O) groups excluding carboxylic acids is 1. The summed E-state index contributed by atoms with van der Waals surface area (Å²) in [5.41, 5.74) is 4.11. The fourth-order valence-corrected chi connectivity index (χ4v) is 3.40. The third-order valence-electron chi connectivity index (χ3n) is 4.76. The molecule has 29 heavy (non-hydrogen) atoms. The molecule has 7 heteroatoms. The van der Waals surface area contributed by atoms with Crippen LogP contribution in [0.2, 0.25) is 5.02 Å². The minimum Gasteiger partial charge on any atom is -0.388 e. The first kappa shape index (κ1) is 19.0. The molecule has 1 amide bonds. The van der Waals surface area contributed by atoms with Gasteiger partial charge in [0.2, 0.25) is 0 Å². The molecular formula is C22H21ClN5O+. The van der Waals surface area contributed by atoms with E-state index >= 15 is 0 Å². The smallest absolute Gasteiger partial charge is 0.251 e. The van der Waals surface area contributed by atoms with Gasteiger partial charge in [0.05, 0.1) is 18.4 Å². The van der Waals surface area contributed by atoms with E-state index in [0.29, 0.717) is 29.3 Å². The zero-order valence-electron chi connectivity index (χ0n) is 16.0. The number of anilines is 1. The van der Waals surface area contributed by atoms with Gasteiger partial charge in [-0.1, -0.05) is 29.8 Å². The molecule has 1 aromatic carbocycles. The maximum Gasteiger partial charge on any atom is 0.251 e. The van der Waals surface area contributed by atoms with Crippen LogP contribution in [0.25, 0.3) is 16.9 Å². The number of imidazole rings is 1. The van der Waals surface area contributed by atoms with Crippen LogP contribution >= 0.6 is 11.6 Å². The van der Waals surface area contributed by atoms with Crippen molar-refractivity contribution in [2.24, 2.45) is 0 Å². The number of amides is 1. The number of carbonyl (C=O) groups is 1. The van der Waals surface area contributed by atoms with Crippen LogP contribution in [0.5, 0.6) is 0 Å². The average molecular weight is 407 g/mol. The van der Waals surface area contributed by atoms with E-state index in [1.807, 2.05) is 71.0 Å². The highest BCUT2D eigenvalue weighted by Gasteiger charge is 2.12. The number of aromatic nitrogens is 3. The summed E-state index contributed by atoms with van der Waals surface area (Å²) in [7, 11) is 1.88. The van der Waals surface area contributed by atoms with E-state index in [1.165, 1.54) is 0 Å². The molecule has 2 N–H and O–H groups in total. The zero-order chi connectivity index (χ0) is 20.2. The summed E-state index contributed by atoms with van der Waals surface area (Å²) in [5.74, 6) is -0.123. The van der Waals surface area contributed by atoms with Crippen LogP contribution in [0.15, 0.2) is 73.3 Å². The molecule has 6 nitrogen and oxygen atoms in total. The van der Waals surface area contributed by atoms with Crippen LogP contribution in [0, 0.1) is 0 Å². The van der Waals surface area contributed by atoms with E-state index < -0.39 is 0 Å². The van der Waals surface area contributed by atoms with Crippen molar-refractivity contribution in [2.45, 2.75) is 6.54 Å². The van der Waals surface area contributed by atoms with Gasteiger partial charge in [0, 0.05) is 47.2 Å². The minimum atomic E-state index is -0.123. The van der Waals surface area contributed by atoms with E-state index in [0.717, 1.165) is 16.9 Å². The van der Waals surface area contributed by atoms with Gasteiger partial charge in [0.25, 0.3) is 5.91 Å². The molecular weight excluding hydrogens is 386 g/mol. The molecule has 4 aromatic rings. The summed E-state index contributed by atoms with van der Waals surface area (Å²) < 4.78 is 3.95. The van der Waals surface area contributed by atoms with Gasteiger partial charge in [-0.3, -0.25) is 9.20 Å². The van der Waals surface area contributed by atoms with Gasteiger partial charge in [-0.15, -0.1) is 0 Å². The molecule has 0 radical (unpaired) electrons. The molecule has 0 aliphatic heterocycles. The molecule has 4 rings (SSSR count). The Bertz CT molecular complexity index is 1150. The number of hydrogen-bond acceptors (Lipinski definition) is 3. The van der Waals surface area contributed by atoms with Crippen LogP contribution in [0.3, 0.4) is 0 Å². The number of nitrogens with one attached hydrogen (secondary N) is 2. The molecule has 0 aliphatic rings. The summed E-state index contributed by atoms with van der Waals surface area (Å²) in [6.45, 7) is 1.23. The Kier molecular flexibility index (Phi) is 5.44. The van der Waals surface area contributed by atoms with E-state index in [-0.39, 0.29) is 5.91 Å². The second-order valence-corrected chi connectivity index (χ2v) is 7.00. The maximum absolute atomic E-state index is 12.5. The molecule has 0 spiro atoms. The molecule has 0 bridgehead atoms. The largest absolute Gasteiger partial charge is 0.388 e. The van der Waals surface area contributed by atoms with Crippen molar-refractivity contribution in [3.8, 4) is 11.3 Å². The Balaban J connectivity index is 1.45. The number of fused-ring (bicyclic) bond motifs is 1. The number of hydrogen-bond donors (Lipinski definition) is 2. The fourth-order valence-electron chi connectivity index (χ4n) is 3.16. The molecule has 0 unspecified atom stereocenters. The van der Waals surface area contributed by atoms with Gasteiger partial charge in [-0.2, -0.15) is 0 Å². The lowest BCUT2D eigenvalue weighted by Gasteiger charge is -2.06. The highest BCUT2D eigenvalue weighted by molar-refractivity contribution is 6.33. The van der Waals surface area contributed by atoms with Crippen molar-refractivity contribution in [3.63, 3.8) is 0 Å². The summed E-state index contributed by atoms with van der Waals surface area (Å²) in [6, 6.07) is 15.2. The zero-order valence-corrected chi connectivity index (χ0v) is 16.7. The quantitative estimate of drug-likeness (QED) is 0.482. The highest BCUT2D eigenvalue weighted by atomic mass is 35.5. The van der Waals surface area contributed by atoms with Gasteiger partial charge in [0.15, 0.2) is 18.9 Å². The van der Waals surface area contributed by atoms with Crippen molar-refractivity contribution in [1.29, 1.82) is 0 Å². The Morgan fingerprint density at radius 1 is 1.17 bits per heavy atom. The van der Waals surface area contributed by atoms with Gasteiger partial charge < -0.3 is 10.6 Å². The standard InChI is InChI=1S/C22H20ClN5O/c1-24-17-7-10-27(11-8-17)13-9-25-22(29)16-6-12-28-20(15-26-21(28)14-16)18-4-2-3-5-19(18)23/h2-8,10-12,14-15H,9,13H2,1H3,(H,25,29)/p+1. The van der Waals surface area contributed by atoms with Gasteiger partial charge in [-0.05, 0) is 18.2 Å². The normalized spacial score (nSPS) is 10.8. The summed E-state index contributed by atoms with van der Waals surface area (Å²) in [6.07, 6.45) is 7.57. The molecule has 0 saturated heterocycles. The fraction of sp³-hybridized carbons (Fsp3) is 0.136. The first-order valence-electron chi connectivity index (χ1n) is 9.33. The monoisotopic (exact) mass is 406 g/mol. The molecule has 0 aliphatic carbocycles. The number of halogens is 1. The number of nitrogens with zero attached hydrogens (tertiary/aromatic N) is 3. The van der Waals surface area contributed by atoms with Crippen molar-refractivity contribution >= 4 is 28.8 Å². The molecule has 0 saturated carbocycles. The van der Waals surface area contributed by atoms with Crippen LogP contribution in [-0.2, 0) is 6.54 Å². The molecule has 3 aromatic heterocycles. The third-order valence-corrected chi connectivity index (χ3v) is 5.09. The lowest BCUT2D eigenvalue weighted by atomic mass is 10.1. The predicted molar refractivity (Wildman–Crippen MR) is 114 cm³/mol. The topological polar surface area (TPSA) is 62.3 Å². The van der Waals surface area contributed by atoms with Crippen molar-refractivity contribution < 1.29 is 9.36 Å². The molecule has 0 atom stereocenters. The van der Waals surface area contributed by atoms with E-state index in [9.17, 15) is 4.79 Å². The van der Waals surface area contributed by atoms with Gasteiger partial charge in [0.1, 0.15) is 5.65 Å². The summed E-state index contributed by atoms with van der Waals surface area (Å²) in [5, 5.41) is 6.70. The number of benzene rings is 1. The Morgan fingerprint density at radius 3 is 2.72 bits per heavy atom. The third kappa shape index (κ3) is 4.07. The predicted octanol–water partition coefficient (Wildman–Crippen LogP) is 3.41. The first-order chi connectivity index (χ1) is 14.2. The van der Waals surface area contributed by atoms with Gasteiger partial charge in [-0.25, -0.2) is 9.55 Å². The Hall–Kier alpha value is -3.38. The maximum atomic E-state index is 12.5. The van der Waals surface area contributed by atoms with Crippen LogP contribution in [-0.4, -0.2) is 28.9 Å². The molecule has 0 fully saturated rings. The van der Waals surface area contributed by atoms with Crippen molar-refractivity contribution in [1.82, 2.24) is 14.7 Å². The molecule has 3 heterocycles.